The van der Waals surface area contributed by atoms with Crippen LogP contribution in [0.4, 0.5) is 15.9 Å². The molecular formula is C11H8FN3O2. The van der Waals surface area contributed by atoms with Crippen LogP contribution in [0.5, 0.6) is 0 Å². The minimum atomic E-state index is -1.17. The highest BCUT2D eigenvalue weighted by molar-refractivity contribution is 5.88. The Morgan fingerprint density at radius 2 is 2.18 bits per heavy atom. The number of aromatic nitrogens is 2. The summed E-state index contributed by atoms with van der Waals surface area (Å²) in [4.78, 5) is 18.2. The van der Waals surface area contributed by atoms with Crippen LogP contribution in [-0.2, 0) is 0 Å². The molecule has 6 heteroatoms. The average Bonchev–Trinajstić information content (AvgIpc) is 2.33. The fourth-order valence-corrected chi connectivity index (χ4v) is 1.25. The van der Waals surface area contributed by atoms with Crippen molar-refractivity contribution in [3.63, 3.8) is 0 Å². The lowest BCUT2D eigenvalue weighted by Gasteiger charge is -2.06. The molecule has 0 amide bonds. The van der Waals surface area contributed by atoms with Gasteiger partial charge in [0.2, 0.25) is 0 Å². The number of hydrogen-bond donors (Lipinski definition) is 2. The minimum Gasteiger partial charge on any atom is -0.478 e. The van der Waals surface area contributed by atoms with Gasteiger partial charge in [0.05, 0.1) is 11.3 Å². The Kier molecular flexibility index (Phi) is 2.95. The molecule has 0 fully saturated rings. The maximum Gasteiger partial charge on any atom is 0.335 e. The van der Waals surface area contributed by atoms with Gasteiger partial charge in [-0.3, -0.25) is 0 Å². The lowest BCUT2D eigenvalue weighted by Crippen LogP contribution is -2.00. The minimum absolute atomic E-state index is 0.101. The lowest BCUT2D eigenvalue weighted by atomic mass is 10.2. The van der Waals surface area contributed by atoms with Gasteiger partial charge >= 0.3 is 5.97 Å². The van der Waals surface area contributed by atoms with Gasteiger partial charge in [-0.1, -0.05) is 0 Å². The van der Waals surface area contributed by atoms with E-state index >= 15 is 0 Å². The van der Waals surface area contributed by atoms with Crippen molar-refractivity contribution >= 4 is 17.5 Å². The predicted octanol–water partition coefficient (Wildman–Crippen LogP) is 2.06. The molecule has 0 aliphatic rings. The van der Waals surface area contributed by atoms with E-state index in [4.69, 9.17) is 5.11 Å². The third-order valence-corrected chi connectivity index (χ3v) is 2.06. The molecule has 0 atom stereocenters. The van der Waals surface area contributed by atoms with Crippen molar-refractivity contribution in [3.05, 3.63) is 48.2 Å². The van der Waals surface area contributed by atoms with Crippen molar-refractivity contribution < 1.29 is 14.3 Å². The first-order valence-corrected chi connectivity index (χ1v) is 4.72. The first-order valence-electron chi connectivity index (χ1n) is 4.72. The number of carboxylic acids is 1. The summed E-state index contributed by atoms with van der Waals surface area (Å²) in [5.41, 5.74) is 0.0597. The highest BCUT2D eigenvalue weighted by Gasteiger charge is 2.08. The Balaban J connectivity index is 2.26. The Labute approximate surface area is 96.0 Å². The number of rotatable bonds is 3. The van der Waals surface area contributed by atoms with E-state index in [0.29, 0.717) is 5.82 Å². The molecule has 0 radical (unpaired) electrons. The highest BCUT2D eigenvalue weighted by Crippen LogP contribution is 2.19. The number of benzene rings is 1. The molecule has 0 aliphatic carbocycles. The van der Waals surface area contributed by atoms with Crippen molar-refractivity contribution in [2.45, 2.75) is 0 Å². The van der Waals surface area contributed by atoms with Crippen LogP contribution >= 0.6 is 0 Å². The maximum absolute atomic E-state index is 13.5. The summed E-state index contributed by atoms with van der Waals surface area (Å²) in [6.07, 6.45) is 2.84. The van der Waals surface area contributed by atoms with Crippen LogP contribution in [0.25, 0.3) is 0 Å². The lowest BCUT2D eigenvalue weighted by molar-refractivity contribution is 0.0696. The van der Waals surface area contributed by atoms with Crippen LogP contribution in [0.15, 0.2) is 36.8 Å². The van der Waals surface area contributed by atoms with Crippen molar-refractivity contribution in [3.8, 4) is 0 Å². The van der Waals surface area contributed by atoms with E-state index in [9.17, 15) is 9.18 Å². The summed E-state index contributed by atoms with van der Waals surface area (Å²) in [6, 6.07) is 5.19. The third-order valence-electron chi connectivity index (χ3n) is 2.06. The number of nitrogens with one attached hydrogen (secondary N) is 1. The van der Waals surface area contributed by atoms with Gasteiger partial charge in [-0.05, 0) is 24.3 Å². The van der Waals surface area contributed by atoms with E-state index in [0.717, 1.165) is 6.07 Å². The Morgan fingerprint density at radius 1 is 1.35 bits per heavy atom. The maximum atomic E-state index is 13.5. The number of aromatic carboxylic acids is 1. The smallest absolute Gasteiger partial charge is 0.335 e. The standard InChI is InChI=1S/C11H8FN3O2/c12-8-5-7(11(16)17)1-2-9(8)15-10-3-4-13-6-14-10/h1-6H,(H,16,17)(H,13,14,15). The molecule has 0 aliphatic heterocycles. The van der Waals surface area contributed by atoms with Crippen molar-refractivity contribution in [1.29, 1.82) is 0 Å². The second-order valence-corrected chi connectivity index (χ2v) is 3.22. The molecule has 17 heavy (non-hydrogen) atoms. The topological polar surface area (TPSA) is 75.1 Å². The van der Waals surface area contributed by atoms with Crippen LogP contribution in [0.3, 0.4) is 0 Å². The molecule has 1 aromatic heterocycles. The highest BCUT2D eigenvalue weighted by atomic mass is 19.1. The van der Waals surface area contributed by atoms with Gasteiger partial charge in [-0.2, -0.15) is 0 Å². The molecule has 1 heterocycles. The van der Waals surface area contributed by atoms with E-state index in [1.165, 1.54) is 24.7 Å². The summed E-state index contributed by atoms with van der Waals surface area (Å²) in [7, 11) is 0. The summed E-state index contributed by atoms with van der Waals surface area (Å²) >= 11 is 0. The second-order valence-electron chi connectivity index (χ2n) is 3.22. The average molecular weight is 233 g/mol. The predicted molar refractivity (Wildman–Crippen MR) is 58.7 cm³/mol. The van der Waals surface area contributed by atoms with Crippen LogP contribution in [0.1, 0.15) is 10.4 Å². The van der Waals surface area contributed by atoms with Crippen LogP contribution in [0, 0.1) is 5.82 Å². The van der Waals surface area contributed by atoms with Gasteiger partial charge in [0.25, 0.3) is 0 Å². The quantitative estimate of drug-likeness (QED) is 0.848. The number of carboxylic acid groups (broad SMARTS) is 1. The molecule has 0 unspecified atom stereocenters. The number of anilines is 2. The number of hydrogen-bond acceptors (Lipinski definition) is 4. The monoisotopic (exact) mass is 233 g/mol. The summed E-state index contributed by atoms with van der Waals surface area (Å²) in [6.45, 7) is 0. The molecule has 5 nitrogen and oxygen atoms in total. The van der Waals surface area contributed by atoms with E-state index in [1.54, 1.807) is 6.07 Å². The van der Waals surface area contributed by atoms with Crippen molar-refractivity contribution in [2.75, 3.05) is 5.32 Å². The number of carbonyl (C=O) groups is 1. The van der Waals surface area contributed by atoms with E-state index in [-0.39, 0.29) is 11.3 Å². The largest absolute Gasteiger partial charge is 0.478 e. The van der Waals surface area contributed by atoms with Gasteiger partial charge in [-0.25, -0.2) is 19.2 Å². The summed E-state index contributed by atoms with van der Waals surface area (Å²) in [5.74, 6) is -1.39. The molecule has 2 rings (SSSR count). The van der Waals surface area contributed by atoms with Crippen LogP contribution in [-0.4, -0.2) is 21.0 Å². The molecular weight excluding hydrogens is 225 g/mol. The van der Waals surface area contributed by atoms with Crippen LogP contribution in [0.2, 0.25) is 0 Å². The van der Waals surface area contributed by atoms with Gasteiger partial charge in [0.1, 0.15) is 18.0 Å². The molecule has 2 N–H and O–H groups in total. The Bertz CT molecular complexity index is 546. The molecule has 1 aromatic carbocycles. The Hall–Kier alpha value is -2.50. The van der Waals surface area contributed by atoms with E-state index in [2.05, 4.69) is 15.3 Å². The van der Waals surface area contributed by atoms with Gasteiger partial charge in [0, 0.05) is 6.20 Å². The zero-order valence-corrected chi connectivity index (χ0v) is 8.59. The van der Waals surface area contributed by atoms with Crippen LogP contribution < -0.4 is 5.32 Å². The second kappa shape index (κ2) is 4.56. The van der Waals surface area contributed by atoms with E-state index < -0.39 is 11.8 Å². The fraction of sp³-hybridized carbons (Fsp3) is 0. The number of nitrogens with zero attached hydrogens (tertiary/aromatic N) is 2. The van der Waals surface area contributed by atoms with Crippen molar-refractivity contribution in [1.82, 2.24) is 9.97 Å². The zero-order chi connectivity index (χ0) is 12.3. The molecule has 0 saturated carbocycles. The number of halogens is 1. The first-order chi connectivity index (χ1) is 8.16. The molecule has 0 saturated heterocycles. The molecule has 0 bridgehead atoms. The van der Waals surface area contributed by atoms with Gasteiger partial charge in [0.15, 0.2) is 0 Å². The third kappa shape index (κ3) is 2.54. The van der Waals surface area contributed by atoms with Gasteiger partial charge in [-0.15, -0.1) is 0 Å². The van der Waals surface area contributed by atoms with Crippen molar-refractivity contribution in [2.24, 2.45) is 0 Å². The molecule has 86 valence electrons. The van der Waals surface area contributed by atoms with E-state index in [1.807, 2.05) is 0 Å². The summed E-state index contributed by atoms with van der Waals surface area (Å²) in [5, 5.41) is 11.4. The SMILES string of the molecule is O=C(O)c1ccc(Nc2ccncn2)c(F)c1. The van der Waals surface area contributed by atoms with Gasteiger partial charge < -0.3 is 10.4 Å². The first kappa shape index (κ1) is 11.0. The molecule has 0 spiro atoms. The zero-order valence-electron chi connectivity index (χ0n) is 8.59. The molecule has 2 aromatic rings. The normalized spacial score (nSPS) is 9.94. The Morgan fingerprint density at radius 3 is 2.76 bits per heavy atom. The summed E-state index contributed by atoms with van der Waals surface area (Å²) < 4.78 is 13.5. The fourth-order valence-electron chi connectivity index (χ4n) is 1.25.